The summed E-state index contributed by atoms with van der Waals surface area (Å²) in [6, 6.07) is 0. The number of rotatable bonds is 6. The highest BCUT2D eigenvalue weighted by atomic mass is 16.6. The number of hydrogen-bond donors (Lipinski definition) is 0. The van der Waals surface area contributed by atoms with Crippen molar-refractivity contribution in [2.45, 2.75) is 26.2 Å². The maximum absolute atomic E-state index is 10.0. The third-order valence-electron chi connectivity index (χ3n) is 1.53. The summed E-state index contributed by atoms with van der Waals surface area (Å²) in [6.45, 7) is 1.88. The fourth-order valence-electron chi connectivity index (χ4n) is 1.04. The van der Waals surface area contributed by atoms with E-state index in [1.54, 1.807) is 0 Å². The molecule has 1 atom stereocenters. The first-order chi connectivity index (χ1) is 5.20. The van der Waals surface area contributed by atoms with Crippen LogP contribution in [-0.4, -0.2) is 17.8 Å². The van der Waals surface area contributed by atoms with Gasteiger partial charge in [-0.3, -0.25) is 10.1 Å². The van der Waals surface area contributed by atoms with E-state index in [1.807, 2.05) is 6.92 Å². The Labute approximate surface area is 65.7 Å². The van der Waals surface area contributed by atoms with Crippen LogP contribution in [0.5, 0.6) is 0 Å². The van der Waals surface area contributed by atoms with E-state index in [2.05, 4.69) is 0 Å². The van der Waals surface area contributed by atoms with Gasteiger partial charge in [0.25, 0.3) is 0 Å². The molecule has 0 bridgehead atoms. The van der Waals surface area contributed by atoms with E-state index in [-0.39, 0.29) is 17.4 Å². The molecule has 0 N–H and O–H groups in total. The molecule has 4 nitrogen and oxygen atoms in total. The average molecular weight is 159 g/mol. The Morgan fingerprint density at radius 1 is 1.64 bits per heavy atom. The first kappa shape index (κ1) is 10.1. The van der Waals surface area contributed by atoms with Crippen LogP contribution in [-0.2, 0) is 4.79 Å². The standard InChI is InChI=1S/C7H13NO3/c1-2-3-7(4-5-9)6-8(10)11/h5,7H,2-4,6H2,1H3/t7-/m1/s1. The second-order valence-corrected chi connectivity index (χ2v) is 2.57. The minimum Gasteiger partial charge on any atom is -0.303 e. The molecule has 0 fully saturated rings. The maximum Gasteiger partial charge on any atom is 0.207 e. The molecule has 0 radical (unpaired) electrons. The Hall–Kier alpha value is -0.930. The maximum atomic E-state index is 10.0. The van der Waals surface area contributed by atoms with Gasteiger partial charge in [-0.1, -0.05) is 13.3 Å². The molecule has 0 aliphatic carbocycles. The Bertz CT molecular complexity index is 136. The lowest BCUT2D eigenvalue weighted by molar-refractivity contribution is -0.488. The van der Waals surface area contributed by atoms with Crippen LogP contribution in [0.4, 0.5) is 0 Å². The molecule has 64 valence electrons. The minimum absolute atomic E-state index is 0.0625. The van der Waals surface area contributed by atoms with E-state index in [4.69, 9.17) is 0 Å². The molecule has 0 saturated heterocycles. The highest BCUT2D eigenvalue weighted by Gasteiger charge is 2.12. The van der Waals surface area contributed by atoms with Crippen LogP contribution in [0, 0.1) is 16.0 Å². The second-order valence-electron chi connectivity index (χ2n) is 2.57. The van der Waals surface area contributed by atoms with Crippen molar-refractivity contribution in [1.29, 1.82) is 0 Å². The van der Waals surface area contributed by atoms with Crippen LogP contribution >= 0.6 is 0 Å². The smallest absolute Gasteiger partial charge is 0.207 e. The van der Waals surface area contributed by atoms with Crippen molar-refractivity contribution in [2.75, 3.05) is 6.54 Å². The summed E-state index contributed by atoms with van der Waals surface area (Å²) in [4.78, 5) is 19.7. The number of carbonyl (C=O) groups excluding carboxylic acids is 1. The van der Waals surface area contributed by atoms with Crippen LogP contribution in [0.1, 0.15) is 26.2 Å². The first-order valence-electron chi connectivity index (χ1n) is 3.76. The summed E-state index contributed by atoms with van der Waals surface area (Å²) in [7, 11) is 0. The van der Waals surface area contributed by atoms with Gasteiger partial charge in [0.05, 0.1) is 0 Å². The van der Waals surface area contributed by atoms with Gasteiger partial charge < -0.3 is 4.79 Å². The average Bonchev–Trinajstić information content (AvgIpc) is 1.87. The molecule has 0 heterocycles. The molecule has 0 aromatic heterocycles. The fourth-order valence-corrected chi connectivity index (χ4v) is 1.04. The molecular formula is C7H13NO3. The normalized spacial score (nSPS) is 12.5. The van der Waals surface area contributed by atoms with Gasteiger partial charge in [-0.05, 0) is 6.42 Å². The summed E-state index contributed by atoms with van der Waals surface area (Å²) in [5.74, 6) is -0.0625. The van der Waals surface area contributed by atoms with Gasteiger partial charge in [-0.15, -0.1) is 0 Å². The number of aldehydes is 1. The van der Waals surface area contributed by atoms with E-state index in [0.717, 1.165) is 19.1 Å². The molecule has 0 aromatic rings. The van der Waals surface area contributed by atoms with Crippen molar-refractivity contribution in [3.63, 3.8) is 0 Å². The molecule has 0 spiro atoms. The van der Waals surface area contributed by atoms with E-state index in [1.165, 1.54) is 0 Å². The molecule has 0 aliphatic heterocycles. The van der Waals surface area contributed by atoms with Crippen molar-refractivity contribution in [2.24, 2.45) is 5.92 Å². The number of hydrogen-bond acceptors (Lipinski definition) is 3. The quantitative estimate of drug-likeness (QED) is 0.333. The van der Waals surface area contributed by atoms with E-state index in [9.17, 15) is 14.9 Å². The monoisotopic (exact) mass is 159 g/mol. The van der Waals surface area contributed by atoms with Crippen LogP contribution in [0.2, 0.25) is 0 Å². The SMILES string of the molecule is CCC[C@H](CC=O)C[N+](=O)[O-]. The Kier molecular flexibility index (Phi) is 5.33. The predicted octanol–water partition coefficient (Wildman–Crippen LogP) is 1.27. The third kappa shape index (κ3) is 5.51. The molecular weight excluding hydrogens is 146 g/mol. The van der Waals surface area contributed by atoms with Gasteiger partial charge in [0.1, 0.15) is 6.29 Å². The van der Waals surface area contributed by atoms with Gasteiger partial charge in [-0.25, -0.2) is 0 Å². The fraction of sp³-hybridized carbons (Fsp3) is 0.857. The Morgan fingerprint density at radius 2 is 2.27 bits per heavy atom. The van der Waals surface area contributed by atoms with Crippen molar-refractivity contribution < 1.29 is 9.72 Å². The first-order valence-corrected chi connectivity index (χ1v) is 3.76. The molecule has 11 heavy (non-hydrogen) atoms. The largest absolute Gasteiger partial charge is 0.303 e. The third-order valence-corrected chi connectivity index (χ3v) is 1.53. The summed E-state index contributed by atoms with van der Waals surface area (Å²) in [6.07, 6.45) is 2.73. The highest BCUT2D eigenvalue weighted by molar-refractivity contribution is 5.49. The second kappa shape index (κ2) is 5.82. The number of nitro groups is 1. The zero-order valence-corrected chi connectivity index (χ0v) is 6.66. The van der Waals surface area contributed by atoms with Gasteiger partial charge >= 0.3 is 0 Å². The van der Waals surface area contributed by atoms with Gasteiger partial charge in [0.2, 0.25) is 6.54 Å². The van der Waals surface area contributed by atoms with E-state index >= 15 is 0 Å². The molecule has 0 saturated carbocycles. The summed E-state index contributed by atoms with van der Waals surface area (Å²) in [5.41, 5.74) is 0. The minimum atomic E-state index is -0.357. The van der Waals surface area contributed by atoms with Gasteiger partial charge in [-0.2, -0.15) is 0 Å². The number of carbonyl (C=O) groups is 1. The molecule has 4 heteroatoms. The predicted molar refractivity (Wildman–Crippen MR) is 40.9 cm³/mol. The summed E-state index contributed by atoms with van der Waals surface area (Å²) >= 11 is 0. The lowest BCUT2D eigenvalue weighted by Crippen LogP contribution is -2.14. The van der Waals surface area contributed by atoms with Crippen molar-refractivity contribution in [3.8, 4) is 0 Å². The van der Waals surface area contributed by atoms with E-state index < -0.39 is 0 Å². The highest BCUT2D eigenvalue weighted by Crippen LogP contribution is 2.09. The zero-order valence-electron chi connectivity index (χ0n) is 6.66. The molecule has 0 rings (SSSR count). The van der Waals surface area contributed by atoms with Crippen LogP contribution in [0.15, 0.2) is 0 Å². The summed E-state index contributed by atoms with van der Waals surface area (Å²) in [5, 5.41) is 10.0. The summed E-state index contributed by atoms with van der Waals surface area (Å²) < 4.78 is 0. The molecule has 0 aliphatic rings. The Balaban J connectivity index is 3.67. The van der Waals surface area contributed by atoms with Crippen LogP contribution in [0.25, 0.3) is 0 Å². The molecule has 0 unspecified atom stereocenters. The number of nitrogens with zero attached hydrogens (tertiary/aromatic N) is 1. The molecule has 0 amide bonds. The lowest BCUT2D eigenvalue weighted by Gasteiger charge is -2.05. The zero-order chi connectivity index (χ0) is 8.69. The van der Waals surface area contributed by atoms with Crippen molar-refractivity contribution >= 4 is 6.29 Å². The topological polar surface area (TPSA) is 60.2 Å². The Morgan fingerprint density at radius 3 is 2.64 bits per heavy atom. The van der Waals surface area contributed by atoms with E-state index in [0.29, 0.717) is 6.42 Å². The van der Waals surface area contributed by atoms with Crippen molar-refractivity contribution in [3.05, 3.63) is 10.1 Å². The van der Waals surface area contributed by atoms with Gasteiger partial charge in [0, 0.05) is 17.3 Å². The van der Waals surface area contributed by atoms with Crippen molar-refractivity contribution in [1.82, 2.24) is 0 Å². The molecule has 0 aromatic carbocycles. The van der Waals surface area contributed by atoms with Crippen LogP contribution < -0.4 is 0 Å². The van der Waals surface area contributed by atoms with Crippen LogP contribution in [0.3, 0.4) is 0 Å². The lowest BCUT2D eigenvalue weighted by atomic mass is 10.0. The van der Waals surface area contributed by atoms with Gasteiger partial charge in [0.15, 0.2) is 0 Å².